The second-order valence-corrected chi connectivity index (χ2v) is 4.17. The molecule has 0 aliphatic rings. The van der Waals surface area contributed by atoms with Crippen LogP contribution in [-0.2, 0) is 0 Å². The third-order valence-electron chi connectivity index (χ3n) is 1.92. The van der Waals surface area contributed by atoms with Crippen molar-refractivity contribution in [1.82, 2.24) is 0 Å². The van der Waals surface area contributed by atoms with Crippen LogP contribution in [0.5, 0.6) is 5.75 Å². The van der Waals surface area contributed by atoms with Crippen LogP contribution in [0.25, 0.3) is 0 Å². The zero-order valence-corrected chi connectivity index (χ0v) is 9.53. The van der Waals surface area contributed by atoms with Crippen molar-refractivity contribution < 1.29 is 15.0 Å². The summed E-state index contributed by atoms with van der Waals surface area (Å²) < 4.78 is 0. The monoisotopic (exact) mass is 218 g/mol. The highest BCUT2D eigenvalue weighted by Gasteiger charge is 2.09. The normalized spacial score (nSPS) is 10.5. The number of aliphatic hydroxyl groups is 1. The van der Waals surface area contributed by atoms with Crippen molar-refractivity contribution in [3.63, 3.8) is 0 Å². The molecule has 3 heteroatoms. The van der Waals surface area contributed by atoms with Gasteiger partial charge in [0.25, 0.3) is 0 Å². The maximum atomic E-state index is 10.8. The number of carbonyl (C=O) groups is 1. The lowest BCUT2D eigenvalue weighted by atomic mass is 10.0. The fraction of sp³-hybridized carbons (Fsp3) is 0.308. The van der Waals surface area contributed by atoms with E-state index in [4.69, 9.17) is 0 Å². The van der Waals surface area contributed by atoms with E-state index in [-0.39, 0.29) is 11.3 Å². The highest BCUT2D eigenvalue weighted by molar-refractivity contribution is 5.83. The first kappa shape index (κ1) is 12.3. The number of aldehydes is 1. The lowest BCUT2D eigenvalue weighted by Crippen LogP contribution is -2.14. The molecule has 1 aromatic rings. The van der Waals surface area contributed by atoms with E-state index in [1.165, 1.54) is 6.07 Å². The standard InChI is InChI=1S/C13H14O3/c1-9-6-10(4-5-13(2,3)16)11(8-14)12(15)7-9/h6-8,15-16H,1-3H3. The van der Waals surface area contributed by atoms with Crippen molar-refractivity contribution >= 4 is 6.29 Å². The van der Waals surface area contributed by atoms with E-state index in [1.54, 1.807) is 26.8 Å². The van der Waals surface area contributed by atoms with Gasteiger partial charge in [-0.05, 0) is 38.5 Å². The van der Waals surface area contributed by atoms with Crippen molar-refractivity contribution in [3.05, 3.63) is 28.8 Å². The number of phenols is 1. The van der Waals surface area contributed by atoms with Crippen LogP contribution in [0.2, 0.25) is 0 Å². The van der Waals surface area contributed by atoms with Gasteiger partial charge in [-0.1, -0.05) is 11.8 Å². The summed E-state index contributed by atoms with van der Waals surface area (Å²) in [4.78, 5) is 10.8. The minimum atomic E-state index is -1.13. The lowest BCUT2D eigenvalue weighted by molar-refractivity contribution is 0.112. The Morgan fingerprint density at radius 1 is 1.38 bits per heavy atom. The number of phenolic OH excluding ortho intramolecular Hbond substituents is 1. The van der Waals surface area contributed by atoms with Crippen LogP contribution in [0.15, 0.2) is 12.1 Å². The average Bonchev–Trinajstić information content (AvgIpc) is 2.12. The van der Waals surface area contributed by atoms with Crippen molar-refractivity contribution in [1.29, 1.82) is 0 Å². The molecule has 0 spiro atoms. The molecule has 0 saturated heterocycles. The van der Waals surface area contributed by atoms with Crippen molar-refractivity contribution in [2.45, 2.75) is 26.4 Å². The Morgan fingerprint density at radius 2 is 2.00 bits per heavy atom. The van der Waals surface area contributed by atoms with E-state index >= 15 is 0 Å². The van der Waals surface area contributed by atoms with Gasteiger partial charge in [-0.15, -0.1) is 0 Å². The molecule has 1 rings (SSSR count). The van der Waals surface area contributed by atoms with E-state index in [9.17, 15) is 15.0 Å². The smallest absolute Gasteiger partial charge is 0.155 e. The molecule has 0 aliphatic carbocycles. The number of hydrogen-bond donors (Lipinski definition) is 2. The van der Waals surface area contributed by atoms with E-state index in [0.29, 0.717) is 11.8 Å². The molecule has 0 fully saturated rings. The SMILES string of the molecule is Cc1cc(O)c(C=O)c(C#CC(C)(C)O)c1. The zero-order valence-electron chi connectivity index (χ0n) is 9.53. The Morgan fingerprint density at radius 3 is 2.50 bits per heavy atom. The first-order valence-electron chi connectivity index (χ1n) is 4.88. The Hall–Kier alpha value is -1.79. The van der Waals surface area contributed by atoms with Crippen molar-refractivity contribution in [2.24, 2.45) is 0 Å². The van der Waals surface area contributed by atoms with Crippen LogP contribution >= 0.6 is 0 Å². The summed E-state index contributed by atoms with van der Waals surface area (Å²) in [5.74, 6) is 5.21. The van der Waals surface area contributed by atoms with Crippen LogP contribution in [0.1, 0.15) is 35.3 Å². The summed E-state index contributed by atoms with van der Waals surface area (Å²) in [7, 11) is 0. The van der Waals surface area contributed by atoms with Gasteiger partial charge in [0, 0.05) is 5.56 Å². The van der Waals surface area contributed by atoms with Crippen LogP contribution in [0.4, 0.5) is 0 Å². The highest BCUT2D eigenvalue weighted by Crippen LogP contribution is 2.21. The molecule has 0 bridgehead atoms. The predicted octanol–water partition coefficient (Wildman–Crippen LogP) is 1.64. The van der Waals surface area contributed by atoms with E-state index in [2.05, 4.69) is 11.8 Å². The number of aryl methyl sites for hydroxylation is 1. The Kier molecular flexibility index (Phi) is 3.36. The Bertz CT molecular complexity index is 470. The first-order valence-corrected chi connectivity index (χ1v) is 4.88. The van der Waals surface area contributed by atoms with Gasteiger partial charge in [0.05, 0.1) is 5.56 Å². The maximum absolute atomic E-state index is 10.8. The third kappa shape index (κ3) is 3.11. The molecule has 0 saturated carbocycles. The molecular formula is C13H14O3. The molecule has 0 atom stereocenters. The van der Waals surface area contributed by atoms with Crippen LogP contribution in [0.3, 0.4) is 0 Å². The minimum Gasteiger partial charge on any atom is -0.507 e. The zero-order chi connectivity index (χ0) is 12.3. The van der Waals surface area contributed by atoms with Gasteiger partial charge in [-0.3, -0.25) is 4.79 Å². The molecule has 0 amide bonds. The van der Waals surface area contributed by atoms with Gasteiger partial charge >= 0.3 is 0 Å². The van der Waals surface area contributed by atoms with Gasteiger partial charge in [-0.2, -0.15) is 0 Å². The number of carbonyl (C=O) groups excluding carboxylic acids is 1. The predicted molar refractivity (Wildman–Crippen MR) is 61.4 cm³/mol. The number of aromatic hydroxyl groups is 1. The third-order valence-corrected chi connectivity index (χ3v) is 1.92. The molecule has 84 valence electrons. The molecule has 0 aliphatic heterocycles. The van der Waals surface area contributed by atoms with Gasteiger partial charge in [0.15, 0.2) is 6.29 Å². The van der Waals surface area contributed by atoms with Crippen LogP contribution in [-0.4, -0.2) is 22.1 Å². The van der Waals surface area contributed by atoms with E-state index < -0.39 is 5.60 Å². The van der Waals surface area contributed by atoms with Crippen molar-refractivity contribution in [2.75, 3.05) is 0 Å². The summed E-state index contributed by atoms with van der Waals surface area (Å²) in [6.45, 7) is 4.90. The number of rotatable bonds is 1. The van der Waals surface area contributed by atoms with Gasteiger partial charge < -0.3 is 10.2 Å². The Labute approximate surface area is 94.7 Å². The molecule has 2 N–H and O–H groups in total. The fourth-order valence-corrected chi connectivity index (χ4v) is 1.23. The second kappa shape index (κ2) is 4.38. The highest BCUT2D eigenvalue weighted by atomic mass is 16.3. The molecule has 0 aromatic heterocycles. The summed E-state index contributed by atoms with van der Waals surface area (Å²) in [5.41, 5.74) is 0.264. The first-order chi connectivity index (χ1) is 7.33. The molecule has 16 heavy (non-hydrogen) atoms. The fourth-order valence-electron chi connectivity index (χ4n) is 1.23. The van der Waals surface area contributed by atoms with E-state index in [0.717, 1.165) is 5.56 Å². The molecule has 1 aromatic carbocycles. The largest absolute Gasteiger partial charge is 0.507 e. The number of hydrogen-bond acceptors (Lipinski definition) is 3. The second-order valence-electron chi connectivity index (χ2n) is 4.17. The molecule has 0 unspecified atom stereocenters. The molecule has 3 nitrogen and oxygen atoms in total. The molecule has 0 heterocycles. The van der Waals surface area contributed by atoms with Gasteiger partial charge in [0.2, 0.25) is 0 Å². The van der Waals surface area contributed by atoms with Gasteiger partial charge in [0.1, 0.15) is 11.4 Å². The quantitative estimate of drug-likeness (QED) is 0.556. The topological polar surface area (TPSA) is 57.5 Å². The minimum absolute atomic E-state index is 0.0879. The molecule has 0 radical (unpaired) electrons. The van der Waals surface area contributed by atoms with Crippen LogP contribution < -0.4 is 0 Å². The average molecular weight is 218 g/mol. The summed E-state index contributed by atoms with van der Waals surface area (Å²) in [6.07, 6.45) is 0.559. The van der Waals surface area contributed by atoms with Gasteiger partial charge in [-0.25, -0.2) is 0 Å². The number of benzene rings is 1. The summed E-state index contributed by atoms with van der Waals surface area (Å²) >= 11 is 0. The maximum Gasteiger partial charge on any atom is 0.155 e. The van der Waals surface area contributed by atoms with E-state index in [1.807, 2.05) is 0 Å². The molecular weight excluding hydrogens is 204 g/mol. The lowest BCUT2D eigenvalue weighted by Gasteiger charge is -2.07. The van der Waals surface area contributed by atoms with Crippen LogP contribution in [0, 0.1) is 18.8 Å². The van der Waals surface area contributed by atoms with Crippen molar-refractivity contribution in [3.8, 4) is 17.6 Å². The summed E-state index contributed by atoms with van der Waals surface area (Å²) in [5, 5.41) is 19.0. The summed E-state index contributed by atoms with van der Waals surface area (Å²) in [6, 6.07) is 3.20. The Balaban J connectivity index is 3.31.